The molecule has 4 nitrogen and oxygen atoms in total. The highest BCUT2D eigenvalue weighted by Crippen LogP contribution is 2.22. The van der Waals surface area contributed by atoms with Crippen LogP contribution in [0.25, 0.3) is 0 Å². The van der Waals surface area contributed by atoms with Crippen molar-refractivity contribution in [2.24, 2.45) is 4.99 Å². The number of benzene rings is 3. The highest BCUT2D eigenvalue weighted by Gasteiger charge is 2.10. The Balaban J connectivity index is 1.38. The van der Waals surface area contributed by atoms with Crippen LogP contribution in [0.5, 0.6) is 5.75 Å². The van der Waals surface area contributed by atoms with Crippen LogP contribution in [0.4, 0.5) is 11.4 Å². The van der Waals surface area contributed by atoms with Gasteiger partial charge in [0, 0.05) is 35.6 Å². The Hall–Kier alpha value is -2.82. The fourth-order valence-corrected chi connectivity index (χ4v) is 3.37. The fourth-order valence-electron chi connectivity index (χ4n) is 3.18. The molecule has 0 unspecified atom stereocenters. The summed E-state index contributed by atoms with van der Waals surface area (Å²) in [4.78, 5) is 6.92. The Morgan fingerprint density at radius 1 is 0.966 bits per heavy atom. The zero-order chi connectivity index (χ0) is 19.9. The Morgan fingerprint density at radius 3 is 2.55 bits per heavy atom. The maximum atomic E-state index is 6.19. The number of morpholine rings is 1. The topological polar surface area (TPSA) is 34.1 Å². The molecule has 3 aromatic rings. The molecule has 0 saturated carbocycles. The molecule has 0 atom stereocenters. The zero-order valence-corrected chi connectivity index (χ0v) is 16.9. The number of ether oxygens (including phenoxy) is 2. The molecule has 0 aliphatic carbocycles. The van der Waals surface area contributed by atoms with Crippen molar-refractivity contribution in [3.63, 3.8) is 0 Å². The summed E-state index contributed by atoms with van der Waals surface area (Å²) in [6, 6.07) is 23.9. The minimum atomic E-state index is 0.434. The van der Waals surface area contributed by atoms with Crippen molar-refractivity contribution >= 4 is 29.2 Å². The molecule has 0 amide bonds. The predicted octanol–water partition coefficient (Wildman–Crippen LogP) is 5.51. The van der Waals surface area contributed by atoms with E-state index >= 15 is 0 Å². The summed E-state index contributed by atoms with van der Waals surface area (Å²) < 4.78 is 11.3. The summed E-state index contributed by atoms with van der Waals surface area (Å²) in [7, 11) is 0. The van der Waals surface area contributed by atoms with E-state index in [-0.39, 0.29) is 0 Å². The van der Waals surface area contributed by atoms with Gasteiger partial charge in [0.2, 0.25) is 0 Å². The van der Waals surface area contributed by atoms with Gasteiger partial charge in [0.05, 0.1) is 18.9 Å². The van der Waals surface area contributed by atoms with Gasteiger partial charge in [0.1, 0.15) is 12.4 Å². The van der Waals surface area contributed by atoms with Crippen LogP contribution in [0, 0.1) is 0 Å². The summed E-state index contributed by atoms with van der Waals surface area (Å²) in [5, 5.41) is 0.714. The molecule has 0 bridgehead atoms. The summed E-state index contributed by atoms with van der Waals surface area (Å²) >= 11 is 6.19. The predicted molar refractivity (Wildman–Crippen MR) is 119 cm³/mol. The average molecular weight is 407 g/mol. The van der Waals surface area contributed by atoms with Crippen molar-refractivity contribution < 1.29 is 9.47 Å². The lowest BCUT2D eigenvalue weighted by Gasteiger charge is -2.28. The van der Waals surface area contributed by atoms with Crippen LogP contribution >= 0.6 is 11.6 Å². The van der Waals surface area contributed by atoms with Gasteiger partial charge in [-0.3, -0.25) is 4.99 Å². The van der Waals surface area contributed by atoms with E-state index in [9.17, 15) is 0 Å². The van der Waals surface area contributed by atoms with Crippen molar-refractivity contribution in [2.45, 2.75) is 6.61 Å². The standard InChI is InChI=1S/C24H23ClN2O2/c25-24-7-2-1-5-20(24)18-29-23-6-3-4-19(16-23)17-26-21-8-10-22(11-9-21)27-12-14-28-15-13-27/h1-11,16-17H,12-15,18H2. The lowest BCUT2D eigenvalue weighted by molar-refractivity contribution is 0.122. The van der Waals surface area contributed by atoms with Crippen molar-refractivity contribution in [3.8, 4) is 5.75 Å². The van der Waals surface area contributed by atoms with E-state index in [1.165, 1.54) is 5.69 Å². The molecule has 3 aromatic carbocycles. The number of halogens is 1. The molecule has 1 saturated heterocycles. The quantitative estimate of drug-likeness (QED) is 0.506. The van der Waals surface area contributed by atoms with Crippen molar-refractivity contribution in [1.82, 2.24) is 0 Å². The third-order valence-electron chi connectivity index (χ3n) is 4.80. The van der Waals surface area contributed by atoms with Gasteiger partial charge in [-0.15, -0.1) is 0 Å². The van der Waals surface area contributed by atoms with Crippen LogP contribution in [-0.4, -0.2) is 32.5 Å². The molecule has 1 aliphatic heterocycles. The van der Waals surface area contributed by atoms with E-state index in [2.05, 4.69) is 22.0 Å². The number of anilines is 1. The molecule has 0 aromatic heterocycles. The molecule has 5 heteroatoms. The second-order valence-corrected chi connectivity index (χ2v) is 7.23. The van der Waals surface area contributed by atoms with E-state index in [1.807, 2.05) is 66.9 Å². The Bertz CT molecular complexity index is 967. The lowest BCUT2D eigenvalue weighted by Crippen LogP contribution is -2.36. The second kappa shape index (κ2) is 9.59. The van der Waals surface area contributed by atoms with Crippen LogP contribution in [-0.2, 0) is 11.3 Å². The van der Waals surface area contributed by atoms with Crippen molar-refractivity contribution in [3.05, 3.63) is 88.9 Å². The summed E-state index contributed by atoms with van der Waals surface area (Å²) in [6.07, 6.45) is 1.85. The van der Waals surface area contributed by atoms with Crippen molar-refractivity contribution in [1.29, 1.82) is 0 Å². The van der Waals surface area contributed by atoms with Gasteiger partial charge in [-0.1, -0.05) is 41.9 Å². The molecular weight excluding hydrogens is 384 g/mol. The summed E-state index contributed by atoms with van der Waals surface area (Å²) in [5.74, 6) is 0.788. The fraction of sp³-hybridized carbons (Fsp3) is 0.208. The molecule has 0 spiro atoms. The van der Waals surface area contributed by atoms with E-state index in [1.54, 1.807) is 0 Å². The summed E-state index contributed by atoms with van der Waals surface area (Å²) in [6.45, 7) is 3.88. The van der Waals surface area contributed by atoms with Gasteiger partial charge in [-0.25, -0.2) is 0 Å². The monoisotopic (exact) mass is 406 g/mol. The summed E-state index contributed by atoms with van der Waals surface area (Å²) in [5.41, 5.74) is 4.08. The molecule has 4 rings (SSSR count). The van der Waals surface area contributed by atoms with Crippen LogP contribution < -0.4 is 9.64 Å². The van der Waals surface area contributed by atoms with Crippen LogP contribution in [0.1, 0.15) is 11.1 Å². The molecule has 1 heterocycles. The first-order valence-electron chi connectivity index (χ1n) is 9.71. The highest BCUT2D eigenvalue weighted by atomic mass is 35.5. The molecular formula is C24H23ClN2O2. The SMILES string of the molecule is Clc1ccccc1COc1cccc(C=Nc2ccc(N3CCOCC3)cc2)c1. The first-order valence-corrected chi connectivity index (χ1v) is 10.1. The van der Waals surface area contributed by atoms with Crippen LogP contribution in [0.15, 0.2) is 77.8 Å². The molecule has 1 aliphatic rings. The Kier molecular flexibility index (Phi) is 6.45. The third kappa shape index (κ3) is 5.37. The van der Waals surface area contributed by atoms with Gasteiger partial charge in [0.25, 0.3) is 0 Å². The van der Waals surface area contributed by atoms with E-state index in [0.717, 1.165) is 48.9 Å². The molecule has 0 N–H and O–H groups in total. The minimum Gasteiger partial charge on any atom is -0.489 e. The van der Waals surface area contributed by atoms with Gasteiger partial charge < -0.3 is 14.4 Å². The Labute approximate surface area is 176 Å². The highest BCUT2D eigenvalue weighted by molar-refractivity contribution is 6.31. The number of nitrogens with zero attached hydrogens (tertiary/aromatic N) is 2. The first-order chi connectivity index (χ1) is 14.3. The molecule has 1 fully saturated rings. The third-order valence-corrected chi connectivity index (χ3v) is 5.17. The van der Waals surface area contributed by atoms with E-state index < -0.39 is 0 Å². The first kappa shape index (κ1) is 19.5. The van der Waals surface area contributed by atoms with Gasteiger partial charge in [-0.2, -0.15) is 0 Å². The van der Waals surface area contributed by atoms with Gasteiger partial charge in [-0.05, 0) is 48.0 Å². The van der Waals surface area contributed by atoms with Crippen molar-refractivity contribution in [2.75, 3.05) is 31.2 Å². The smallest absolute Gasteiger partial charge is 0.120 e. The minimum absolute atomic E-state index is 0.434. The maximum absolute atomic E-state index is 6.19. The average Bonchev–Trinajstić information content (AvgIpc) is 2.78. The number of hydrogen-bond donors (Lipinski definition) is 0. The van der Waals surface area contributed by atoms with Crippen LogP contribution in [0.3, 0.4) is 0 Å². The van der Waals surface area contributed by atoms with Gasteiger partial charge >= 0.3 is 0 Å². The maximum Gasteiger partial charge on any atom is 0.120 e. The normalized spacial score (nSPS) is 14.3. The van der Waals surface area contributed by atoms with Gasteiger partial charge in [0.15, 0.2) is 0 Å². The Morgan fingerprint density at radius 2 is 1.76 bits per heavy atom. The molecule has 0 radical (unpaired) electrons. The zero-order valence-electron chi connectivity index (χ0n) is 16.1. The second-order valence-electron chi connectivity index (χ2n) is 6.83. The largest absolute Gasteiger partial charge is 0.489 e. The molecule has 148 valence electrons. The number of aliphatic imine (C=N–C) groups is 1. The number of hydrogen-bond acceptors (Lipinski definition) is 4. The van der Waals surface area contributed by atoms with Crippen LogP contribution in [0.2, 0.25) is 5.02 Å². The number of rotatable bonds is 6. The van der Waals surface area contributed by atoms with E-state index in [0.29, 0.717) is 11.6 Å². The molecule has 29 heavy (non-hydrogen) atoms. The van der Waals surface area contributed by atoms with E-state index in [4.69, 9.17) is 21.1 Å². The lowest BCUT2D eigenvalue weighted by atomic mass is 10.2.